The molecule has 2 N–H and O–H groups in total. The quantitative estimate of drug-likeness (QED) is 0.0278. The highest BCUT2D eigenvalue weighted by Gasteiger charge is 2.52. The summed E-state index contributed by atoms with van der Waals surface area (Å²) in [5.74, 6) is 2.93. The maximum absolute atomic E-state index is 10.1. The van der Waals surface area contributed by atoms with Crippen LogP contribution in [-0.4, -0.2) is 36.8 Å². The first-order valence-corrected chi connectivity index (χ1v) is 30.2. The lowest BCUT2D eigenvalue weighted by molar-refractivity contribution is -0.109. The second kappa shape index (κ2) is 38.0. The molecule has 1 spiro atoms. The molecule has 3 saturated carbocycles. The van der Waals surface area contributed by atoms with Crippen molar-refractivity contribution < 1.29 is 9.84 Å². The second-order valence-electron chi connectivity index (χ2n) is 23.0. The zero-order valence-electron chi connectivity index (χ0n) is 44.9. The van der Waals surface area contributed by atoms with E-state index in [4.69, 9.17) is 4.74 Å². The van der Waals surface area contributed by atoms with Gasteiger partial charge in [-0.15, -0.1) is 9.24 Å². The molecule has 3 rings (SSSR count). The number of unbranched alkanes of at least 4 members (excludes halogenated alkanes) is 18. The predicted molar refractivity (Wildman–Crippen MR) is 296 cm³/mol. The molecule has 384 valence electrons. The van der Waals surface area contributed by atoms with Gasteiger partial charge in [0.1, 0.15) is 0 Å². The van der Waals surface area contributed by atoms with Gasteiger partial charge in [-0.3, -0.25) is 0 Å². The Morgan fingerprint density at radius 2 is 1.05 bits per heavy atom. The van der Waals surface area contributed by atoms with Crippen LogP contribution in [0.4, 0.5) is 0 Å². The van der Waals surface area contributed by atoms with Gasteiger partial charge in [0.2, 0.25) is 0 Å². The number of nitrogens with one attached hydrogen (secondary N) is 1. The van der Waals surface area contributed by atoms with Crippen LogP contribution < -0.4 is 5.32 Å². The van der Waals surface area contributed by atoms with Gasteiger partial charge < -0.3 is 15.2 Å². The Morgan fingerprint density at radius 1 is 0.576 bits per heavy atom. The molecule has 0 aromatic carbocycles. The maximum atomic E-state index is 10.1. The molecule has 4 heteroatoms. The summed E-state index contributed by atoms with van der Waals surface area (Å²) in [6, 6.07) is 0.680. The summed E-state index contributed by atoms with van der Waals surface area (Å²) in [4.78, 5) is 0. The van der Waals surface area contributed by atoms with Gasteiger partial charge in [-0.05, 0) is 195 Å². The first kappa shape index (κ1) is 59.6. The zero-order valence-corrected chi connectivity index (χ0v) is 46.0. The minimum atomic E-state index is -0.637. The van der Waals surface area contributed by atoms with Crippen molar-refractivity contribution in [2.24, 2.45) is 34.5 Å². The van der Waals surface area contributed by atoms with Crippen LogP contribution in [0.3, 0.4) is 0 Å². The van der Waals surface area contributed by atoms with Crippen molar-refractivity contribution in [3.05, 3.63) is 48.6 Å². The Labute approximate surface area is 415 Å². The van der Waals surface area contributed by atoms with Gasteiger partial charge in [-0.2, -0.15) is 0 Å². The van der Waals surface area contributed by atoms with E-state index in [1.165, 1.54) is 218 Å². The first-order valence-electron chi connectivity index (χ1n) is 29.5. The summed E-state index contributed by atoms with van der Waals surface area (Å²) in [6.45, 7) is 10.1. The molecule has 0 aromatic rings. The Morgan fingerprint density at radius 3 is 1.53 bits per heavy atom. The van der Waals surface area contributed by atoms with E-state index in [9.17, 15) is 5.11 Å². The third-order valence-electron chi connectivity index (χ3n) is 17.2. The smallest absolute Gasteiger partial charge is 0.156 e. The van der Waals surface area contributed by atoms with Gasteiger partial charge in [0.25, 0.3) is 0 Å². The minimum absolute atomic E-state index is 0.195. The van der Waals surface area contributed by atoms with Gasteiger partial charge in [0, 0.05) is 19.1 Å². The van der Waals surface area contributed by atoms with Crippen molar-refractivity contribution in [1.29, 1.82) is 0 Å². The highest BCUT2D eigenvalue weighted by atomic mass is 31.0. The fourth-order valence-corrected chi connectivity index (χ4v) is 13.1. The third-order valence-corrected chi connectivity index (χ3v) is 17.5. The van der Waals surface area contributed by atoms with E-state index < -0.39 is 6.29 Å². The summed E-state index contributed by atoms with van der Waals surface area (Å²) in [7, 11) is 4.66. The first-order chi connectivity index (χ1) is 32.2. The second-order valence-corrected chi connectivity index (χ2v) is 24.2. The lowest BCUT2D eigenvalue weighted by Gasteiger charge is -2.46. The molecule has 8 unspecified atom stereocenters. The van der Waals surface area contributed by atoms with Crippen molar-refractivity contribution in [3.63, 3.8) is 0 Å². The molecular weight excluding hydrogens is 822 g/mol. The summed E-state index contributed by atoms with van der Waals surface area (Å²) < 4.78 is 5.21. The molecule has 3 fully saturated rings. The Hall–Kier alpha value is -0.730. The summed E-state index contributed by atoms with van der Waals surface area (Å²) in [6.07, 6.45) is 72.3. The molecular formula is C62H114NO2P. The van der Waals surface area contributed by atoms with E-state index >= 15 is 0 Å². The number of aliphatic hydroxyl groups is 1. The SMILES string of the molecule is CCCCC/C=C\C/C=C\CCCCCCCCC1(CCCCCCCC/C=C\C/C=C\CCCCC)CCC2(CC1)CC1CC(CCCC(C)P)C(NCCCC(C)C(O)OC)CC1C2. The van der Waals surface area contributed by atoms with E-state index in [-0.39, 0.29) is 5.92 Å². The standard InChI is InChI=1S/C62H114NO2P/c1-6-8-10-12-14-16-18-20-22-24-26-28-30-32-34-36-43-61(44-37-35-33-31-29-27-25-23-21-19-17-15-13-11-9-7-2)45-47-62(48-46-61)52-57-50-56(42-38-41-55(4)66)59(51-58(57)53-62)63-49-39-40-54(3)60(64)65-5/h14-17,20-23,54-60,63-64H,6-13,18-19,24-53,66H2,1-5H3/b16-14-,17-15-,22-20-,23-21-. The predicted octanol–water partition coefficient (Wildman–Crippen LogP) is 19.1. The molecule has 3 aliphatic rings. The summed E-state index contributed by atoms with van der Waals surface area (Å²) in [5.41, 5.74) is 1.99. The fourth-order valence-electron chi connectivity index (χ4n) is 12.8. The third kappa shape index (κ3) is 26.5. The van der Waals surface area contributed by atoms with Gasteiger partial charge >= 0.3 is 0 Å². The van der Waals surface area contributed by atoms with Crippen molar-refractivity contribution in [3.8, 4) is 0 Å². The van der Waals surface area contributed by atoms with Crippen LogP contribution in [0, 0.1) is 34.5 Å². The molecule has 0 aromatic heterocycles. The van der Waals surface area contributed by atoms with E-state index in [0.29, 0.717) is 16.9 Å². The monoisotopic (exact) mass is 936 g/mol. The summed E-state index contributed by atoms with van der Waals surface area (Å²) >= 11 is 0. The number of rotatable bonds is 41. The molecule has 0 heterocycles. The number of hydrogen-bond acceptors (Lipinski definition) is 3. The number of fused-ring (bicyclic) bond motifs is 1. The van der Waals surface area contributed by atoms with E-state index in [1.54, 1.807) is 13.5 Å². The highest BCUT2D eigenvalue weighted by molar-refractivity contribution is 7.17. The van der Waals surface area contributed by atoms with Crippen LogP contribution in [0.15, 0.2) is 48.6 Å². The van der Waals surface area contributed by atoms with Crippen LogP contribution in [0.2, 0.25) is 0 Å². The Kier molecular flexibility index (Phi) is 34.3. The van der Waals surface area contributed by atoms with E-state index in [2.05, 4.69) is 90.9 Å². The topological polar surface area (TPSA) is 41.5 Å². The zero-order chi connectivity index (χ0) is 47.4. The maximum Gasteiger partial charge on any atom is 0.156 e. The molecule has 0 amide bonds. The van der Waals surface area contributed by atoms with Crippen LogP contribution in [0.5, 0.6) is 0 Å². The number of methoxy groups -OCH3 is 1. The molecule has 3 aliphatic carbocycles. The number of allylic oxidation sites excluding steroid dienone is 8. The molecule has 0 bridgehead atoms. The van der Waals surface area contributed by atoms with Gasteiger partial charge in [0.05, 0.1) is 0 Å². The van der Waals surface area contributed by atoms with Gasteiger partial charge in [-0.25, -0.2) is 0 Å². The van der Waals surface area contributed by atoms with Crippen LogP contribution in [0.25, 0.3) is 0 Å². The van der Waals surface area contributed by atoms with Crippen LogP contribution in [0.1, 0.15) is 278 Å². The molecule has 3 nitrogen and oxygen atoms in total. The van der Waals surface area contributed by atoms with Crippen molar-refractivity contribution in [2.45, 2.75) is 296 Å². The van der Waals surface area contributed by atoms with Crippen LogP contribution in [-0.2, 0) is 4.74 Å². The molecule has 0 aliphatic heterocycles. The lowest BCUT2D eigenvalue weighted by atomic mass is 9.59. The van der Waals surface area contributed by atoms with Crippen molar-refractivity contribution >= 4 is 9.24 Å². The molecule has 0 radical (unpaired) electrons. The average molecular weight is 937 g/mol. The fraction of sp³-hybridized carbons (Fsp3) is 0.871. The highest BCUT2D eigenvalue weighted by Crippen LogP contribution is 2.62. The van der Waals surface area contributed by atoms with Crippen LogP contribution >= 0.6 is 9.24 Å². The van der Waals surface area contributed by atoms with Crippen molar-refractivity contribution in [1.82, 2.24) is 5.32 Å². The van der Waals surface area contributed by atoms with Crippen molar-refractivity contribution in [2.75, 3.05) is 13.7 Å². The lowest BCUT2D eigenvalue weighted by Crippen LogP contribution is -2.43. The molecule has 0 saturated heterocycles. The minimum Gasteiger partial charge on any atom is -0.368 e. The average Bonchev–Trinajstić information content (AvgIpc) is 3.67. The summed E-state index contributed by atoms with van der Waals surface area (Å²) in [5, 5.41) is 14.3. The van der Waals surface area contributed by atoms with Gasteiger partial charge in [-0.1, -0.05) is 173 Å². The van der Waals surface area contributed by atoms with E-state index in [1.807, 2.05) is 0 Å². The number of ether oxygens (including phenoxy) is 1. The number of hydrogen-bond donors (Lipinski definition) is 2. The van der Waals surface area contributed by atoms with Gasteiger partial charge in [0.15, 0.2) is 6.29 Å². The largest absolute Gasteiger partial charge is 0.368 e. The Bertz CT molecular complexity index is 1200. The molecule has 8 atom stereocenters. The molecule has 66 heavy (non-hydrogen) atoms. The number of aliphatic hydroxyl groups excluding tert-OH is 1. The normalized spacial score (nSPS) is 23.3. The Balaban J connectivity index is 1.46. The van der Waals surface area contributed by atoms with E-state index in [0.717, 1.165) is 55.6 Å².